The van der Waals surface area contributed by atoms with Crippen molar-refractivity contribution < 1.29 is 8.78 Å². The molecule has 2 N–H and O–H groups in total. The maximum Gasteiger partial charge on any atom is 0.266 e. The number of rotatable bonds is 2. The summed E-state index contributed by atoms with van der Waals surface area (Å²) in [6, 6.07) is 7.35. The number of nitrogens with zero attached hydrogens (tertiary/aromatic N) is 3. The lowest BCUT2D eigenvalue weighted by Crippen LogP contribution is -2.28. The third-order valence-corrected chi connectivity index (χ3v) is 3.89. The first kappa shape index (κ1) is 16.7. The summed E-state index contributed by atoms with van der Waals surface area (Å²) >= 11 is 0. The molecule has 1 atom stereocenters. The minimum atomic E-state index is -0.717. The van der Waals surface area contributed by atoms with Crippen molar-refractivity contribution in [1.82, 2.24) is 9.55 Å². The molecule has 0 aliphatic heterocycles. The van der Waals surface area contributed by atoms with Crippen molar-refractivity contribution in [3.05, 3.63) is 69.3 Å². The van der Waals surface area contributed by atoms with Crippen molar-refractivity contribution in [3.8, 4) is 11.8 Å². The Kier molecular flexibility index (Phi) is 4.07. The number of nitrogens with two attached hydrogens (primary N) is 1. The molecule has 0 spiro atoms. The van der Waals surface area contributed by atoms with Crippen molar-refractivity contribution in [3.63, 3.8) is 0 Å². The average Bonchev–Trinajstić information content (AvgIpc) is 2.56. The Morgan fingerprint density at radius 1 is 1.28 bits per heavy atom. The van der Waals surface area contributed by atoms with Gasteiger partial charge in [0.1, 0.15) is 23.0 Å². The number of aryl methyl sites for hydroxylation is 1. The highest BCUT2D eigenvalue weighted by Crippen LogP contribution is 2.22. The van der Waals surface area contributed by atoms with E-state index in [9.17, 15) is 13.6 Å². The van der Waals surface area contributed by atoms with Gasteiger partial charge in [-0.25, -0.2) is 13.8 Å². The van der Waals surface area contributed by atoms with Crippen molar-refractivity contribution in [1.29, 1.82) is 5.26 Å². The molecule has 0 amide bonds. The van der Waals surface area contributed by atoms with Gasteiger partial charge in [-0.3, -0.25) is 9.36 Å². The van der Waals surface area contributed by atoms with E-state index in [-0.39, 0.29) is 28.0 Å². The number of aromatic nitrogens is 2. The van der Waals surface area contributed by atoms with E-state index >= 15 is 0 Å². The molecule has 2 aromatic carbocycles. The first-order valence-corrected chi connectivity index (χ1v) is 7.52. The van der Waals surface area contributed by atoms with Crippen LogP contribution in [-0.2, 0) is 0 Å². The van der Waals surface area contributed by atoms with Crippen LogP contribution in [-0.4, -0.2) is 9.55 Å². The van der Waals surface area contributed by atoms with Gasteiger partial charge in [0.15, 0.2) is 0 Å². The number of hydrogen-bond acceptors (Lipinski definition) is 4. The van der Waals surface area contributed by atoms with Crippen LogP contribution in [0.4, 0.5) is 8.78 Å². The maximum atomic E-state index is 14.2. The predicted molar refractivity (Wildman–Crippen MR) is 89.3 cm³/mol. The lowest BCUT2D eigenvalue weighted by molar-refractivity contribution is 0.620. The van der Waals surface area contributed by atoms with E-state index in [1.54, 1.807) is 13.8 Å². The van der Waals surface area contributed by atoms with E-state index in [4.69, 9.17) is 11.0 Å². The smallest absolute Gasteiger partial charge is 0.266 e. The maximum absolute atomic E-state index is 14.2. The Morgan fingerprint density at radius 3 is 2.64 bits per heavy atom. The fourth-order valence-electron chi connectivity index (χ4n) is 2.75. The highest BCUT2D eigenvalue weighted by molar-refractivity contribution is 5.82. The number of hydrogen-bond donors (Lipinski definition) is 1. The Bertz CT molecular complexity index is 1100. The summed E-state index contributed by atoms with van der Waals surface area (Å²) in [6.07, 6.45) is 0. The van der Waals surface area contributed by atoms with Crippen LogP contribution in [0.2, 0.25) is 0 Å². The second kappa shape index (κ2) is 6.07. The standard InChI is InChI=1S/C18H14F2N4O/c1-9-3-4-14(20)16-15(9)18(25)24(17(23-16)10(2)22)13-6-11(8-21)5-12(19)7-13/h3-7,10H,22H2,1-2H3/t10-/m0/s1. The Labute approximate surface area is 142 Å². The molecule has 3 rings (SSSR count). The average molecular weight is 340 g/mol. The summed E-state index contributed by atoms with van der Waals surface area (Å²) in [5.41, 5.74) is 5.97. The molecular formula is C18H14F2N4O. The van der Waals surface area contributed by atoms with Crippen LogP contribution < -0.4 is 11.3 Å². The van der Waals surface area contributed by atoms with Gasteiger partial charge >= 0.3 is 0 Å². The number of fused-ring (bicyclic) bond motifs is 1. The fraction of sp³-hybridized carbons (Fsp3) is 0.167. The SMILES string of the molecule is Cc1ccc(F)c2nc([C@H](C)N)n(-c3cc(F)cc(C#N)c3)c(=O)c12. The summed E-state index contributed by atoms with van der Waals surface area (Å²) in [6.45, 7) is 3.25. The van der Waals surface area contributed by atoms with Crippen molar-refractivity contribution in [2.45, 2.75) is 19.9 Å². The molecule has 0 radical (unpaired) electrons. The van der Waals surface area contributed by atoms with Crippen LogP contribution in [0.25, 0.3) is 16.6 Å². The van der Waals surface area contributed by atoms with Gasteiger partial charge in [-0.2, -0.15) is 5.26 Å². The van der Waals surface area contributed by atoms with Gasteiger partial charge < -0.3 is 5.73 Å². The Balaban J connectivity index is 2.51. The largest absolute Gasteiger partial charge is 0.322 e. The van der Waals surface area contributed by atoms with E-state index in [0.29, 0.717) is 5.56 Å². The van der Waals surface area contributed by atoms with E-state index in [2.05, 4.69) is 4.98 Å². The normalized spacial score (nSPS) is 12.2. The molecule has 1 heterocycles. The molecule has 3 aromatic rings. The molecule has 0 saturated carbocycles. The highest BCUT2D eigenvalue weighted by atomic mass is 19.1. The van der Waals surface area contributed by atoms with E-state index in [1.165, 1.54) is 18.2 Å². The van der Waals surface area contributed by atoms with E-state index < -0.39 is 23.2 Å². The quantitative estimate of drug-likeness (QED) is 0.777. The molecule has 0 aliphatic rings. The first-order valence-electron chi connectivity index (χ1n) is 7.52. The summed E-state index contributed by atoms with van der Waals surface area (Å²) in [5, 5.41) is 9.13. The third-order valence-electron chi connectivity index (χ3n) is 3.89. The zero-order chi connectivity index (χ0) is 18.3. The van der Waals surface area contributed by atoms with Gasteiger partial charge in [-0.15, -0.1) is 0 Å². The molecule has 7 heteroatoms. The van der Waals surface area contributed by atoms with Crippen molar-refractivity contribution in [2.24, 2.45) is 5.73 Å². The van der Waals surface area contributed by atoms with Crippen molar-refractivity contribution >= 4 is 10.9 Å². The Morgan fingerprint density at radius 2 is 2.00 bits per heavy atom. The molecular weight excluding hydrogens is 326 g/mol. The van der Waals surface area contributed by atoms with Gasteiger partial charge in [0.25, 0.3) is 5.56 Å². The lowest BCUT2D eigenvalue weighted by atomic mass is 10.1. The molecule has 0 aliphatic carbocycles. The second-order valence-electron chi connectivity index (χ2n) is 5.80. The van der Waals surface area contributed by atoms with Gasteiger partial charge in [-0.1, -0.05) is 6.07 Å². The Hall–Kier alpha value is -3.11. The summed E-state index contributed by atoms with van der Waals surface area (Å²) in [5.74, 6) is -1.23. The summed E-state index contributed by atoms with van der Waals surface area (Å²) < 4.78 is 29.1. The third kappa shape index (κ3) is 2.77. The minimum absolute atomic E-state index is 0.0496. The molecule has 0 bridgehead atoms. The zero-order valence-corrected chi connectivity index (χ0v) is 13.5. The van der Waals surface area contributed by atoms with Gasteiger partial charge in [0.05, 0.1) is 28.7 Å². The lowest BCUT2D eigenvalue weighted by Gasteiger charge is -2.17. The van der Waals surface area contributed by atoms with E-state index in [1.807, 2.05) is 6.07 Å². The van der Waals surface area contributed by atoms with Crippen LogP contribution in [0.3, 0.4) is 0 Å². The second-order valence-corrected chi connectivity index (χ2v) is 5.80. The van der Waals surface area contributed by atoms with Crippen LogP contribution >= 0.6 is 0 Å². The van der Waals surface area contributed by atoms with Crippen LogP contribution in [0.1, 0.15) is 29.9 Å². The number of halogens is 2. The number of benzene rings is 2. The van der Waals surface area contributed by atoms with E-state index in [0.717, 1.165) is 16.7 Å². The molecule has 5 nitrogen and oxygen atoms in total. The monoisotopic (exact) mass is 340 g/mol. The van der Waals surface area contributed by atoms with Crippen LogP contribution in [0, 0.1) is 29.9 Å². The fourth-order valence-corrected chi connectivity index (χ4v) is 2.75. The molecule has 25 heavy (non-hydrogen) atoms. The van der Waals surface area contributed by atoms with Crippen LogP contribution in [0.5, 0.6) is 0 Å². The number of nitriles is 1. The van der Waals surface area contributed by atoms with Gasteiger partial charge in [-0.05, 0) is 43.7 Å². The topological polar surface area (TPSA) is 84.7 Å². The summed E-state index contributed by atoms with van der Waals surface area (Å²) in [4.78, 5) is 17.2. The van der Waals surface area contributed by atoms with Crippen LogP contribution in [0.15, 0.2) is 35.1 Å². The minimum Gasteiger partial charge on any atom is -0.322 e. The van der Waals surface area contributed by atoms with Crippen molar-refractivity contribution in [2.75, 3.05) is 0 Å². The molecule has 0 saturated heterocycles. The first-order chi connectivity index (χ1) is 11.8. The molecule has 1 aromatic heterocycles. The van der Waals surface area contributed by atoms with Gasteiger partial charge in [0.2, 0.25) is 0 Å². The highest BCUT2D eigenvalue weighted by Gasteiger charge is 2.19. The zero-order valence-electron chi connectivity index (χ0n) is 13.5. The molecule has 126 valence electrons. The van der Waals surface area contributed by atoms with Gasteiger partial charge in [0, 0.05) is 0 Å². The molecule has 0 unspecified atom stereocenters. The predicted octanol–water partition coefficient (Wildman–Crippen LogP) is 2.86. The molecule has 0 fully saturated rings. The summed E-state index contributed by atoms with van der Waals surface area (Å²) in [7, 11) is 0.